The summed E-state index contributed by atoms with van der Waals surface area (Å²) >= 11 is 1.46. The zero-order chi connectivity index (χ0) is 28.6. The van der Waals surface area contributed by atoms with Gasteiger partial charge in [-0.05, 0) is 58.0 Å². The highest BCUT2D eigenvalue weighted by Crippen LogP contribution is 2.39. The van der Waals surface area contributed by atoms with Gasteiger partial charge in [-0.15, -0.1) is 5.10 Å². The van der Waals surface area contributed by atoms with Crippen molar-refractivity contribution >= 4 is 23.5 Å². The van der Waals surface area contributed by atoms with Crippen LogP contribution in [0.1, 0.15) is 35.5 Å². The lowest BCUT2D eigenvalue weighted by molar-refractivity contribution is -0.245. The molecule has 1 aliphatic rings. The minimum absolute atomic E-state index is 0.0337. The molecule has 0 saturated carbocycles. The van der Waals surface area contributed by atoms with E-state index in [-0.39, 0.29) is 31.2 Å². The number of nitrogens with one attached hydrogen (secondary N) is 1. The van der Waals surface area contributed by atoms with Gasteiger partial charge < -0.3 is 24.4 Å². The summed E-state index contributed by atoms with van der Waals surface area (Å²) in [7, 11) is 0. The van der Waals surface area contributed by atoms with E-state index in [4.69, 9.17) is 14.2 Å². The van der Waals surface area contributed by atoms with Crippen LogP contribution in [0, 0.1) is 0 Å². The Labute approximate surface area is 240 Å². The highest BCUT2D eigenvalue weighted by molar-refractivity contribution is 7.99. The zero-order valence-electron chi connectivity index (χ0n) is 22.0. The van der Waals surface area contributed by atoms with Crippen molar-refractivity contribution in [2.45, 2.75) is 36.7 Å². The molecule has 0 unspecified atom stereocenters. The average molecular weight is 576 g/mol. The van der Waals surface area contributed by atoms with Gasteiger partial charge >= 0.3 is 6.09 Å². The minimum atomic E-state index is -0.660. The van der Waals surface area contributed by atoms with Crippen LogP contribution in [-0.4, -0.2) is 55.0 Å². The number of tetrazole rings is 1. The molecule has 5 rings (SSSR count). The molecule has 4 aromatic rings. The molecule has 1 fully saturated rings. The number of phenols is 1. The molecule has 12 heteroatoms. The SMILES string of the molecule is C=CCOC(=O)Nc1ccc([C@@H]2O[C@H](CSc3nnnn3-c3ccc(O)cc3)C[C@H](c3ccc(CO)cc3)O2)cc1. The molecule has 41 heavy (non-hydrogen) atoms. The topological polar surface area (TPSA) is 141 Å². The van der Waals surface area contributed by atoms with Crippen molar-refractivity contribution in [3.63, 3.8) is 0 Å². The first-order chi connectivity index (χ1) is 20.0. The van der Waals surface area contributed by atoms with E-state index in [1.807, 2.05) is 36.4 Å². The molecule has 1 aliphatic heterocycles. The Kier molecular flexibility index (Phi) is 9.26. The highest BCUT2D eigenvalue weighted by atomic mass is 32.2. The quantitative estimate of drug-likeness (QED) is 0.176. The third-order valence-electron chi connectivity index (χ3n) is 6.31. The van der Waals surface area contributed by atoms with Crippen LogP contribution < -0.4 is 5.32 Å². The summed E-state index contributed by atoms with van der Waals surface area (Å²) < 4.78 is 19.4. The van der Waals surface area contributed by atoms with Crippen molar-refractivity contribution in [1.29, 1.82) is 0 Å². The second-order valence-electron chi connectivity index (χ2n) is 9.18. The fourth-order valence-electron chi connectivity index (χ4n) is 4.23. The second-order valence-corrected chi connectivity index (χ2v) is 10.2. The monoisotopic (exact) mass is 575 g/mol. The van der Waals surface area contributed by atoms with Gasteiger partial charge in [-0.25, -0.2) is 4.79 Å². The standard InChI is InChI=1S/C29H29N5O6S/c1-2-15-38-29(37)30-22-9-7-21(8-10-22)27-39-25(16-26(40-27)20-5-3-19(17-35)4-6-20)18-41-28-31-32-33-34(28)23-11-13-24(36)14-12-23/h2-14,25-27,35-36H,1,15-18H2,(H,30,37)/t25-,26+,27+/m0/s1. The van der Waals surface area contributed by atoms with Crippen LogP contribution in [0.4, 0.5) is 10.5 Å². The predicted molar refractivity (Wildman–Crippen MR) is 152 cm³/mol. The Morgan fingerprint density at radius 1 is 1.07 bits per heavy atom. The van der Waals surface area contributed by atoms with Crippen molar-refractivity contribution in [2.75, 3.05) is 17.7 Å². The summed E-state index contributed by atoms with van der Waals surface area (Å²) in [5, 5.41) is 34.4. The van der Waals surface area contributed by atoms with Gasteiger partial charge in [-0.2, -0.15) is 4.68 Å². The molecular weight excluding hydrogens is 546 g/mol. The summed E-state index contributed by atoms with van der Waals surface area (Å²) in [5.41, 5.74) is 3.88. The van der Waals surface area contributed by atoms with Crippen LogP contribution >= 0.6 is 11.8 Å². The van der Waals surface area contributed by atoms with E-state index < -0.39 is 12.4 Å². The fourth-order valence-corrected chi connectivity index (χ4v) is 5.14. The lowest BCUT2D eigenvalue weighted by atomic mass is 10.0. The predicted octanol–water partition coefficient (Wildman–Crippen LogP) is 4.93. The molecule has 0 radical (unpaired) electrons. The number of aromatic nitrogens is 4. The first-order valence-corrected chi connectivity index (χ1v) is 13.9. The average Bonchev–Trinajstić information content (AvgIpc) is 3.48. The number of carbonyl (C=O) groups excluding carboxylic acids is 1. The van der Waals surface area contributed by atoms with Crippen LogP contribution in [0.3, 0.4) is 0 Å². The third kappa shape index (κ3) is 7.30. The third-order valence-corrected chi connectivity index (χ3v) is 7.36. The summed E-state index contributed by atoms with van der Waals surface area (Å²) in [6.45, 7) is 3.62. The smallest absolute Gasteiger partial charge is 0.411 e. The molecule has 3 aromatic carbocycles. The molecular formula is C29H29N5O6S. The molecule has 11 nitrogen and oxygen atoms in total. The van der Waals surface area contributed by atoms with Crippen molar-refractivity contribution < 1.29 is 29.2 Å². The van der Waals surface area contributed by atoms with Crippen molar-refractivity contribution in [3.05, 3.63) is 102 Å². The number of phenolic OH excluding ortho intramolecular Hbond substituents is 1. The normalized spacial score (nSPS) is 18.5. The van der Waals surface area contributed by atoms with E-state index in [0.29, 0.717) is 23.0 Å². The largest absolute Gasteiger partial charge is 0.508 e. The number of aromatic hydroxyl groups is 1. The van der Waals surface area contributed by atoms with Crippen molar-refractivity contribution in [3.8, 4) is 11.4 Å². The Balaban J connectivity index is 1.31. The van der Waals surface area contributed by atoms with E-state index in [2.05, 4.69) is 27.4 Å². The number of aliphatic hydroxyl groups excluding tert-OH is 1. The molecule has 0 spiro atoms. The van der Waals surface area contributed by atoms with Crippen LogP contribution in [0.2, 0.25) is 0 Å². The molecule has 2 heterocycles. The van der Waals surface area contributed by atoms with E-state index in [1.165, 1.54) is 17.8 Å². The maximum absolute atomic E-state index is 11.9. The van der Waals surface area contributed by atoms with Gasteiger partial charge in [0.25, 0.3) is 0 Å². The van der Waals surface area contributed by atoms with E-state index in [1.54, 1.807) is 41.1 Å². The summed E-state index contributed by atoms with van der Waals surface area (Å²) in [5.74, 6) is 0.713. The fraction of sp³-hybridized carbons (Fsp3) is 0.241. The number of nitrogens with zero attached hydrogens (tertiary/aromatic N) is 4. The number of thioether (sulfide) groups is 1. The number of rotatable bonds is 10. The zero-order valence-corrected chi connectivity index (χ0v) is 22.8. The van der Waals surface area contributed by atoms with Gasteiger partial charge in [0.05, 0.1) is 24.5 Å². The minimum Gasteiger partial charge on any atom is -0.508 e. The first kappa shape index (κ1) is 28.3. The number of anilines is 1. The number of carbonyl (C=O) groups is 1. The summed E-state index contributed by atoms with van der Waals surface area (Å²) in [4.78, 5) is 11.9. The first-order valence-electron chi connectivity index (χ1n) is 12.9. The molecule has 212 valence electrons. The number of benzene rings is 3. The molecule has 1 amide bonds. The van der Waals surface area contributed by atoms with Gasteiger partial charge in [0.1, 0.15) is 12.4 Å². The van der Waals surface area contributed by atoms with Crippen molar-refractivity contribution in [1.82, 2.24) is 20.2 Å². The number of amides is 1. The van der Waals surface area contributed by atoms with Crippen LogP contribution in [0.25, 0.3) is 5.69 Å². The van der Waals surface area contributed by atoms with Crippen LogP contribution in [0.5, 0.6) is 5.75 Å². The van der Waals surface area contributed by atoms with Gasteiger partial charge in [-0.3, -0.25) is 5.32 Å². The van der Waals surface area contributed by atoms with Gasteiger partial charge in [0, 0.05) is 23.4 Å². The Bertz CT molecular complexity index is 1450. The number of aliphatic hydroxyl groups is 1. The number of hydrogen-bond acceptors (Lipinski definition) is 10. The summed E-state index contributed by atoms with van der Waals surface area (Å²) in [6.07, 6.45) is 0.395. The molecule has 0 aliphatic carbocycles. The number of hydrogen-bond donors (Lipinski definition) is 3. The summed E-state index contributed by atoms with van der Waals surface area (Å²) in [6, 6.07) is 21.5. The van der Waals surface area contributed by atoms with Gasteiger partial charge in [-0.1, -0.05) is 60.8 Å². The van der Waals surface area contributed by atoms with E-state index in [9.17, 15) is 15.0 Å². The molecule has 1 saturated heterocycles. The maximum atomic E-state index is 11.9. The van der Waals surface area contributed by atoms with Crippen molar-refractivity contribution in [2.24, 2.45) is 0 Å². The molecule has 3 N–H and O–H groups in total. The highest BCUT2D eigenvalue weighted by Gasteiger charge is 2.32. The molecule has 0 bridgehead atoms. The van der Waals surface area contributed by atoms with Crippen LogP contribution in [-0.2, 0) is 20.8 Å². The van der Waals surface area contributed by atoms with E-state index >= 15 is 0 Å². The lowest BCUT2D eigenvalue weighted by Gasteiger charge is -2.36. The molecule has 1 aromatic heterocycles. The Hall–Kier alpha value is -4.23. The Morgan fingerprint density at radius 2 is 1.80 bits per heavy atom. The number of ether oxygens (including phenoxy) is 3. The lowest BCUT2D eigenvalue weighted by Crippen LogP contribution is -2.31. The Morgan fingerprint density at radius 3 is 2.51 bits per heavy atom. The van der Waals surface area contributed by atoms with Gasteiger partial charge in [0.2, 0.25) is 5.16 Å². The van der Waals surface area contributed by atoms with Gasteiger partial charge in [0.15, 0.2) is 6.29 Å². The second kappa shape index (κ2) is 13.4. The van der Waals surface area contributed by atoms with E-state index in [0.717, 1.165) is 22.4 Å². The molecule has 3 atom stereocenters. The van der Waals surface area contributed by atoms with Crippen LogP contribution in [0.15, 0.2) is 90.6 Å². The maximum Gasteiger partial charge on any atom is 0.411 e.